The Bertz CT molecular complexity index is 587. The van der Waals surface area contributed by atoms with Gasteiger partial charge in [0.1, 0.15) is 11.6 Å². The minimum atomic E-state index is 0.528. The highest BCUT2D eigenvalue weighted by atomic mass is 16.5. The summed E-state index contributed by atoms with van der Waals surface area (Å²) in [6, 6.07) is 5.64. The van der Waals surface area contributed by atoms with E-state index in [0.29, 0.717) is 23.2 Å². The first kappa shape index (κ1) is 13.0. The summed E-state index contributed by atoms with van der Waals surface area (Å²) in [5, 5.41) is 7.41. The number of H-pyrrole nitrogens is 1. The number of ether oxygens (including phenoxy) is 1. The van der Waals surface area contributed by atoms with Gasteiger partial charge >= 0.3 is 0 Å². The molecule has 0 atom stereocenters. The number of rotatable bonds is 3. The molecular weight excluding hydrogens is 252 g/mol. The zero-order chi connectivity index (χ0) is 13.9. The molecule has 1 aromatic carbocycles. The Hall–Kier alpha value is -2.04. The average molecular weight is 272 g/mol. The third kappa shape index (κ3) is 2.48. The smallest absolute Gasteiger partial charge is 0.181 e. The molecule has 0 bridgehead atoms. The molecule has 0 radical (unpaired) electrons. The maximum atomic E-state index is 5.93. The van der Waals surface area contributed by atoms with Gasteiger partial charge in [-0.2, -0.15) is 5.10 Å². The van der Waals surface area contributed by atoms with Crippen LogP contribution >= 0.6 is 0 Å². The van der Waals surface area contributed by atoms with Gasteiger partial charge in [0.05, 0.1) is 12.8 Å². The predicted molar refractivity (Wildman–Crippen MR) is 78.6 cm³/mol. The van der Waals surface area contributed by atoms with Gasteiger partial charge in [0.15, 0.2) is 5.82 Å². The molecule has 2 aromatic rings. The van der Waals surface area contributed by atoms with Crippen molar-refractivity contribution in [2.75, 3.05) is 12.8 Å². The van der Waals surface area contributed by atoms with Gasteiger partial charge in [0.2, 0.25) is 0 Å². The molecule has 1 heterocycles. The highest BCUT2D eigenvalue weighted by Gasteiger charge is 2.19. The van der Waals surface area contributed by atoms with Gasteiger partial charge in [-0.25, -0.2) is 4.98 Å². The van der Waals surface area contributed by atoms with Crippen LogP contribution in [0.1, 0.15) is 43.8 Å². The lowest BCUT2D eigenvalue weighted by Crippen LogP contribution is -2.06. The zero-order valence-electron chi connectivity index (χ0n) is 11.7. The van der Waals surface area contributed by atoms with Crippen LogP contribution in [0.4, 0.5) is 5.69 Å². The predicted octanol–water partition coefficient (Wildman–Crippen LogP) is 3.11. The first-order chi connectivity index (χ1) is 9.78. The zero-order valence-corrected chi connectivity index (χ0v) is 11.7. The standard InChI is InChI=1S/C15H20N4O/c1-20-13-8-7-11(9-12(13)16)15-17-14(18-19-15)10-5-3-2-4-6-10/h7-10H,2-6,16H2,1H3,(H,17,18,19). The van der Waals surface area contributed by atoms with Crippen LogP contribution in [0.2, 0.25) is 0 Å². The lowest BCUT2D eigenvalue weighted by Gasteiger charge is -2.18. The highest BCUT2D eigenvalue weighted by molar-refractivity contribution is 5.66. The van der Waals surface area contributed by atoms with Crippen LogP contribution in [0.5, 0.6) is 5.75 Å². The largest absolute Gasteiger partial charge is 0.495 e. The first-order valence-electron chi connectivity index (χ1n) is 7.14. The van der Waals surface area contributed by atoms with Gasteiger partial charge < -0.3 is 10.5 Å². The lowest BCUT2D eigenvalue weighted by molar-refractivity contribution is 0.417. The Balaban J connectivity index is 1.84. The Labute approximate surface area is 118 Å². The van der Waals surface area contributed by atoms with E-state index in [1.807, 2.05) is 18.2 Å². The third-order valence-corrected chi connectivity index (χ3v) is 3.98. The van der Waals surface area contributed by atoms with Crippen LogP contribution in [0.25, 0.3) is 11.4 Å². The van der Waals surface area contributed by atoms with E-state index in [4.69, 9.17) is 10.5 Å². The topological polar surface area (TPSA) is 76.8 Å². The fraction of sp³-hybridized carbons (Fsp3) is 0.467. The molecule has 1 saturated carbocycles. The molecule has 0 spiro atoms. The van der Waals surface area contributed by atoms with E-state index in [2.05, 4.69) is 15.2 Å². The number of aromatic amines is 1. The molecule has 20 heavy (non-hydrogen) atoms. The van der Waals surface area contributed by atoms with Crippen molar-refractivity contribution in [2.45, 2.75) is 38.0 Å². The van der Waals surface area contributed by atoms with Crippen molar-refractivity contribution in [1.82, 2.24) is 15.2 Å². The number of nitrogens with zero attached hydrogens (tertiary/aromatic N) is 2. The molecule has 1 aromatic heterocycles. The molecule has 1 aliphatic rings. The van der Waals surface area contributed by atoms with Crippen molar-refractivity contribution in [1.29, 1.82) is 0 Å². The molecule has 5 heteroatoms. The SMILES string of the molecule is COc1ccc(-c2n[nH]c(C3CCCCC3)n2)cc1N. The summed E-state index contributed by atoms with van der Waals surface area (Å²) in [6.07, 6.45) is 6.33. The highest BCUT2D eigenvalue weighted by Crippen LogP contribution is 2.32. The van der Waals surface area contributed by atoms with E-state index in [1.165, 1.54) is 32.1 Å². The van der Waals surface area contributed by atoms with Gasteiger partial charge in [-0.15, -0.1) is 0 Å². The molecule has 1 fully saturated rings. The van der Waals surface area contributed by atoms with Gasteiger partial charge in [-0.1, -0.05) is 19.3 Å². The third-order valence-electron chi connectivity index (χ3n) is 3.98. The Morgan fingerprint density at radius 2 is 2.05 bits per heavy atom. The maximum Gasteiger partial charge on any atom is 0.181 e. The van der Waals surface area contributed by atoms with Crippen LogP contribution in [0.15, 0.2) is 18.2 Å². The Kier molecular flexibility index (Phi) is 3.58. The van der Waals surface area contributed by atoms with Gasteiger partial charge in [-0.05, 0) is 31.0 Å². The average Bonchev–Trinajstić information content (AvgIpc) is 2.98. The number of hydrogen-bond donors (Lipinski definition) is 2. The summed E-state index contributed by atoms with van der Waals surface area (Å²) in [7, 11) is 1.61. The fourth-order valence-corrected chi connectivity index (χ4v) is 2.84. The number of benzene rings is 1. The lowest BCUT2D eigenvalue weighted by atomic mass is 9.89. The molecule has 5 nitrogen and oxygen atoms in total. The molecule has 0 unspecified atom stereocenters. The summed E-state index contributed by atoms with van der Waals surface area (Å²) in [5.41, 5.74) is 7.45. The summed E-state index contributed by atoms with van der Waals surface area (Å²) in [6.45, 7) is 0. The van der Waals surface area contributed by atoms with E-state index in [9.17, 15) is 0 Å². The second-order valence-electron chi connectivity index (χ2n) is 5.34. The van der Waals surface area contributed by atoms with Crippen LogP contribution in [0.3, 0.4) is 0 Å². The second-order valence-corrected chi connectivity index (χ2v) is 5.34. The number of anilines is 1. The van der Waals surface area contributed by atoms with E-state index in [-0.39, 0.29) is 0 Å². The molecule has 1 aliphatic carbocycles. The number of nitrogens with two attached hydrogens (primary N) is 1. The van der Waals surface area contributed by atoms with Crippen molar-refractivity contribution in [3.05, 3.63) is 24.0 Å². The molecule has 0 saturated heterocycles. The van der Waals surface area contributed by atoms with Crippen molar-refractivity contribution in [3.63, 3.8) is 0 Å². The van der Waals surface area contributed by atoms with E-state index < -0.39 is 0 Å². The van der Waals surface area contributed by atoms with Gasteiger partial charge in [0, 0.05) is 11.5 Å². The summed E-state index contributed by atoms with van der Waals surface area (Å²) in [5.74, 6) is 2.92. The molecule has 3 N–H and O–H groups in total. The number of nitrogen functional groups attached to an aromatic ring is 1. The molecule has 0 amide bonds. The van der Waals surface area contributed by atoms with Crippen molar-refractivity contribution in [3.8, 4) is 17.1 Å². The van der Waals surface area contributed by atoms with Crippen LogP contribution in [0, 0.1) is 0 Å². The number of nitrogens with one attached hydrogen (secondary N) is 1. The van der Waals surface area contributed by atoms with Gasteiger partial charge in [0.25, 0.3) is 0 Å². The van der Waals surface area contributed by atoms with Crippen molar-refractivity contribution >= 4 is 5.69 Å². The summed E-state index contributed by atoms with van der Waals surface area (Å²) in [4.78, 5) is 4.64. The summed E-state index contributed by atoms with van der Waals surface area (Å²) >= 11 is 0. The Morgan fingerprint density at radius 1 is 1.25 bits per heavy atom. The van der Waals surface area contributed by atoms with Gasteiger partial charge in [-0.3, -0.25) is 5.10 Å². The second kappa shape index (κ2) is 5.53. The van der Waals surface area contributed by atoms with Crippen LogP contribution < -0.4 is 10.5 Å². The first-order valence-corrected chi connectivity index (χ1v) is 7.14. The summed E-state index contributed by atoms with van der Waals surface area (Å²) < 4.78 is 5.16. The normalized spacial score (nSPS) is 16.2. The Morgan fingerprint density at radius 3 is 2.75 bits per heavy atom. The molecule has 106 valence electrons. The van der Waals surface area contributed by atoms with Crippen molar-refractivity contribution in [2.24, 2.45) is 0 Å². The molecule has 0 aliphatic heterocycles. The van der Waals surface area contributed by atoms with E-state index in [0.717, 1.165) is 11.4 Å². The number of hydrogen-bond acceptors (Lipinski definition) is 4. The monoisotopic (exact) mass is 272 g/mol. The minimum Gasteiger partial charge on any atom is -0.495 e. The van der Waals surface area contributed by atoms with Crippen molar-refractivity contribution < 1.29 is 4.74 Å². The quantitative estimate of drug-likeness (QED) is 0.842. The minimum absolute atomic E-state index is 0.528. The maximum absolute atomic E-state index is 5.93. The van der Waals surface area contributed by atoms with E-state index >= 15 is 0 Å². The number of aromatic nitrogens is 3. The van der Waals surface area contributed by atoms with E-state index in [1.54, 1.807) is 7.11 Å². The molecule has 3 rings (SSSR count). The molecular formula is C15H20N4O. The van der Waals surface area contributed by atoms with Crippen LogP contribution in [-0.4, -0.2) is 22.3 Å². The fourth-order valence-electron chi connectivity index (χ4n) is 2.84. The number of methoxy groups -OCH3 is 1. The van der Waals surface area contributed by atoms with Crippen LogP contribution in [-0.2, 0) is 0 Å².